The Hall–Kier alpha value is -1.35. The Morgan fingerprint density at radius 2 is 1.88 bits per heavy atom. The first-order valence-electron chi connectivity index (χ1n) is 5.52. The van der Waals surface area contributed by atoms with Crippen LogP contribution in [0.3, 0.4) is 0 Å². The SMILES string of the molecule is C=CCCC(=C)CS(=O)(=O)c1ccc(C)cc1. The summed E-state index contributed by atoms with van der Waals surface area (Å²) in [5.74, 6) is 0.0178. The number of aryl methyl sites for hydroxylation is 1. The lowest BCUT2D eigenvalue weighted by Crippen LogP contribution is -2.08. The van der Waals surface area contributed by atoms with E-state index in [9.17, 15) is 8.42 Å². The molecule has 3 heteroatoms. The lowest BCUT2D eigenvalue weighted by atomic mass is 10.2. The molecule has 0 amide bonds. The highest BCUT2D eigenvalue weighted by Crippen LogP contribution is 2.16. The molecule has 0 N–H and O–H groups in total. The van der Waals surface area contributed by atoms with Crippen LogP contribution in [0, 0.1) is 6.92 Å². The van der Waals surface area contributed by atoms with Crippen molar-refractivity contribution in [3.63, 3.8) is 0 Å². The largest absolute Gasteiger partial charge is 0.223 e. The minimum atomic E-state index is -3.24. The van der Waals surface area contributed by atoms with E-state index in [-0.39, 0.29) is 5.75 Å². The molecule has 0 saturated heterocycles. The molecule has 92 valence electrons. The molecule has 17 heavy (non-hydrogen) atoms. The molecule has 0 aliphatic rings. The first kappa shape index (κ1) is 13.7. The van der Waals surface area contributed by atoms with Gasteiger partial charge in [-0.25, -0.2) is 8.42 Å². The second-order valence-electron chi connectivity index (χ2n) is 4.15. The van der Waals surface area contributed by atoms with Gasteiger partial charge in [0.2, 0.25) is 0 Å². The molecular weight excluding hydrogens is 232 g/mol. The number of allylic oxidation sites excluding steroid dienone is 1. The van der Waals surface area contributed by atoms with Crippen LogP contribution < -0.4 is 0 Å². The van der Waals surface area contributed by atoms with Crippen molar-refractivity contribution in [2.75, 3.05) is 5.75 Å². The fraction of sp³-hybridized carbons (Fsp3) is 0.286. The second kappa shape index (κ2) is 5.82. The maximum atomic E-state index is 12.0. The molecule has 1 rings (SSSR count). The monoisotopic (exact) mass is 250 g/mol. The molecule has 0 atom stereocenters. The molecule has 1 aromatic rings. The van der Waals surface area contributed by atoms with Gasteiger partial charge in [-0.2, -0.15) is 0 Å². The van der Waals surface area contributed by atoms with E-state index in [1.54, 1.807) is 30.3 Å². The summed E-state index contributed by atoms with van der Waals surface area (Å²) >= 11 is 0. The van der Waals surface area contributed by atoms with Crippen LogP contribution in [0.5, 0.6) is 0 Å². The lowest BCUT2D eigenvalue weighted by molar-refractivity contribution is 0.597. The van der Waals surface area contributed by atoms with Crippen molar-refractivity contribution in [2.45, 2.75) is 24.7 Å². The third-order valence-electron chi connectivity index (χ3n) is 2.48. The van der Waals surface area contributed by atoms with Crippen molar-refractivity contribution in [2.24, 2.45) is 0 Å². The van der Waals surface area contributed by atoms with Crippen LogP contribution in [0.15, 0.2) is 54.0 Å². The average Bonchev–Trinajstić information content (AvgIpc) is 2.26. The Morgan fingerprint density at radius 1 is 1.29 bits per heavy atom. The smallest absolute Gasteiger partial charge is 0.182 e. The average molecular weight is 250 g/mol. The summed E-state index contributed by atoms with van der Waals surface area (Å²) < 4.78 is 24.1. The van der Waals surface area contributed by atoms with Crippen molar-refractivity contribution in [3.8, 4) is 0 Å². The van der Waals surface area contributed by atoms with Crippen LogP contribution >= 0.6 is 0 Å². The van der Waals surface area contributed by atoms with Crippen molar-refractivity contribution < 1.29 is 8.42 Å². The molecule has 0 bridgehead atoms. The van der Waals surface area contributed by atoms with E-state index in [0.717, 1.165) is 17.6 Å². The number of rotatable bonds is 6. The van der Waals surface area contributed by atoms with E-state index in [1.165, 1.54) is 0 Å². The first-order chi connectivity index (χ1) is 7.95. The number of benzene rings is 1. The minimum absolute atomic E-state index is 0.0178. The standard InChI is InChI=1S/C14H18O2S/c1-4-5-6-13(3)11-17(15,16)14-9-7-12(2)8-10-14/h4,7-10H,1,3,5-6,11H2,2H3. The molecule has 0 unspecified atom stereocenters. The van der Waals surface area contributed by atoms with Gasteiger partial charge in [-0.05, 0) is 31.9 Å². The third-order valence-corrected chi connectivity index (χ3v) is 4.25. The molecule has 1 aromatic carbocycles. The molecule has 0 aliphatic heterocycles. The first-order valence-corrected chi connectivity index (χ1v) is 7.18. The van der Waals surface area contributed by atoms with Crippen LogP contribution in [0.25, 0.3) is 0 Å². The highest BCUT2D eigenvalue weighted by Gasteiger charge is 2.15. The molecule has 0 radical (unpaired) electrons. The van der Waals surface area contributed by atoms with Crippen LogP contribution in [0.2, 0.25) is 0 Å². The van der Waals surface area contributed by atoms with E-state index >= 15 is 0 Å². The van der Waals surface area contributed by atoms with Crippen LogP contribution in [-0.4, -0.2) is 14.2 Å². The zero-order chi connectivity index (χ0) is 12.9. The van der Waals surface area contributed by atoms with Gasteiger partial charge >= 0.3 is 0 Å². The molecule has 0 spiro atoms. The summed E-state index contributed by atoms with van der Waals surface area (Å²) in [6.45, 7) is 9.33. The van der Waals surface area contributed by atoms with E-state index in [2.05, 4.69) is 13.2 Å². The van der Waals surface area contributed by atoms with Gasteiger partial charge in [0.25, 0.3) is 0 Å². The summed E-state index contributed by atoms with van der Waals surface area (Å²) in [4.78, 5) is 0.364. The third kappa shape index (κ3) is 4.19. The highest BCUT2D eigenvalue weighted by molar-refractivity contribution is 7.91. The molecular formula is C14H18O2S. The maximum Gasteiger partial charge on any atom is 0.182 e. The molecule has 0 fully saturated rings. The second-order valence-corrected chi connectivity index (χ2v) is 6.14. The molecule has 0 heterocycles. The van der Waals surface area contributed by atoms with Gasteiger partial charge in [-0.15, -0.1) is 6.58 Å². The lowest BCUT2D eigenvalue weighted by Gasteiger charge is -2.06. The molecule has 0 aromatic heterocycles. The topological polar surface area (TPSA) is 34.1 Å². The van der Waals surface area contributed by atoms with Gasteiger partial charge in [-0.3, -0.25) is 0 Å². The number of sulfone groups is 1. The van der Waals surface area contributed by atoms with Crippen LogP contribution in [0.1, 0.15) is 18.4 Å². The Bertz CT molecular complexity index is 496. The Kier molecular flexibility index (Phi) is 4.70. The maximum absolute atomic E-state index is 12.0. The summed E-state index contributed by atoms with van der Waals surface area (Å²) in [6.07, 6.45) is 3.21. The molecule has 0 aliphatic carbocycles. The van der Waals surface area contributed by atoms with Crippen molar-refractivity contribution in [3.05, 3.63) is 54.6 Å². The summed E-state index contributed by atoms with van der Waals surface area (Å²) in [5.41, 5.74) is 1.78. The number of hydrogen-bond acceptors (Lipinski definition) is 2. The van der Waals surface area contributed by atoms with Crippen molar-refractivity contribution in [1.29, 1.82) is 0 Å². The Morgan fingerprint density at radius 3 is 2.41 bits per heavy atom. The van der Waals surface area contributed by atoms with Gasteiger partial charge < -0.3 is 0 Å². The predicted molar refractivity (Wildman–Crippen MR) is 71.8 cm³/mol. The Labute approximate surface area is 104 Å². The van der Waals surface area contributed by atoms with Gasteiger partial charge in [0.15, 0.2) is 9.84 Å². The van der Waals surface area contributed by atoms with E-state index in [1.807, 2.05) is 6.92 Å². The highest BCUT2D eigenvalue weighted by atomic mass is 32.2. The zero-order valence-electron chi connectivity index (χ0n) is 10.1. The fourth-order valence-electron chi connectivity index (χ4n) is 1.48. The van der Waals surface area contributed by atoms with Crippen molar-refractivity contribution in [1.82, 2.24) is 0 Å². The fourth-order valence-corrected chi connectivity index (χ4v) is 2.88. The quantitative estimate of drug-likeness (QED) is 0.726. The predicted octanol–water partition coefficient (Wildman–Crippen LogP) is 3.29. The zero-order valence-corrected chi connectivity index (χ0v) is 11.0. The van der Waals surface area contributed by atoms with Crippen molar-refractivity contribution >= 4 is 9.84 Å². The summed E-state index contributed by atoms with van der Waals surface area (Å²) in [5, 5.41) is 0. The number of hydrogen-bond donors (Lipinski definition) is 0. The van der Waals surface area contributed by atoms with E-state index in [0.29, 0.717) is 11.3 Å². The summed E-state index contributed by atoms with van der Waals surface area (Å²) in [7, 11) is -3.24. The van der Waals surface area contributed by atoms with Gasteiger partial charge in [0, 0.05) is 0 Å². The van der Waals surface area contributed by atoms with E-state index in [4.69, 9.17) is 0 Å². The van der Waals surface area contributed by atoms with Crippen LogP contribution in [-0.2, 0) is 9.84 Å². The summed E-state index contributed by atoms with van der Waals surface area (Å²) in [6, 6.07) is 6.90. The van der Waals surface area contributed by atoms with E-state index < -0.39 is 9.84 Å². The van der Waals surface area contributed by atoms with Gasteiger partial charge in [-0.1, -0.05) is 35.9 Å². The molecule has 0 saturated carbocycles. The Balaban J connectivity index is 2.78. The normalized spacial score (nSPS) is 11.1. The molecule has 2 nitrogen and oxygen atoms in total. The minimum Gasteiger partial charge on any atom is -0.223 e. The van der Waals surface area contributed by atoms with Crippen LogP contribution in [0.4, 0.5) is 0 Å². The van der Waals surface area contributed by atoms with Gasteiger partial charge in [0.05, 0.1) is 10.6 Å². The van der Waals surface area contributed by atoms with Gasteiger partial charge in [0.1, 0.15) is 0 Å².